The third-order valence-corrected chi connectivity index (χ3v) is 2.96. The molecule has 0 saturated heterocycles. The second-order valence-corrected chi connectivity index (χ2v) is 4.17. The van der Waals surface area contributed by atoms with Crippen LogP contribution in [0.5, 0.6) is 17.2 Å². The minimum absolute atomic E-state index is 0.739. The fourth-order valence-electron chi connectivity index (χ4n) is 1.98. The molecule has 2 nitrogen and oxygen atoms in total. The summed E-state index contributed by atoms with van der Waals surface area (Å²) in [6.45, 7) is 0. The average Bonchev–Trinajstić information content (AvgIpc) is 2.48. The lowest BCUT2D eigenvalue weighted by Gasteiger charge is -2.09. The summed E-state index contributed by atoms with van der Waals surface area (Å²) in [5, 5.41) is 2.20. The predicted octanol–water partition coefficient (Wildman–Crippen LogP) is 4.44. The molecule has 3 aromatic rings. The molecule has 0 aliphatic carbocycles. The summed E-state index contributed by atoms with van der Waals surface area (Å²) in [6.07, 6.45) is 0. The van der Waals surface area contributed by atoms with Crippen molar-refractivity contribution in [3.05, 3.63) is 66.7 Å². The van der Waals surface area contributed by atoms with E-state index in [0.717, 1.165) is 28.0 Å². The van der Waals surface area contributed by atoms with Gasteiger partial charge in [0.05, 0.1) is 7.11 Å². The van der Waals surface area contributed by atoms with Gasteiger partial charge in [-0.1, -0.05) is 30.3 Å². The molecule has 0 fully saturated rings. The molecule has 0 bridgehead atoms. The summed E-state index contributed by atoms with van der Waals surface area (Å²) < 4.78 is 11.0. The molecule has 3 rings (SSSR count). The first kappa shape index (κ1) is 11.6. The van der Waals surface area contributed by atoms with Gasteiger partial charge in [-0.25, -0.2) is 0 Å². The summed E-state index contributed by atoms with van der Waals surface area (Å²) in [6, 6.07) is 22.7. The van der Waals surface area contributed by atoms with Crippen molar-refractivity contribution in [3.63, 3.8) is 0 Å². The first-order valence-electron chi connectivity index (χ1n) is 6.08. The molecule has 0 unspecified atom stereocenters. The predicted molar refractivity (Wildman–Crippen MR) is 75.9 cm³/mol. The van der Waals surface area contributed by atoms with Gasteiger partial charge >= 0.3 is 0 Å². The lowest BCUT2D eigenvalue weighted by atomic mass is 10.1. The molecule has 3 aromatic carbocycles. The fraction of sp³-hybridized carbons (Fsp3) is 0.0588. The summed E-state index contributed by atoms with van der Waals surface area (Å²) in [4.78, 5) is 0. The van der Waals surface area contributed by atoms with Crippen molar-refractivity contribution >= 4 is 10.8 Å². The van der Waals surface area contributed by atoms with E-state index in [1.165, 1.54) is 0 Å². The summed E-state index contributed by atoms with van der Waals surface area (Å²) in [5.41, 5.74) is 0. The Morgan fingerprint density at radius 1 is 0.842 bits per heavy atom. The molecule has 0 aliphatic heterocycles. The van der Waals surface area contributed by atoms with Gasteiger partial charge < -0.3 is 9.47 Å². The van der Waals surface area contributed by atoms with Gasteiger partial charge in [0.25, 0.3) is 0 Å². The zero-order valence-electron chi connectivity index (χ0n) is 10.6. The van der Waals surface area contributed by atoms with Crippen LogP contribution in [-0.4, -0.2) is 7.11 Å². The Morgan fingerprint density at radius 3 is 2.37 bits per heavy atom. The van der Waals surface area contributed by atoms with Crippen molar-refractivity contribution in [2.24, 2.45) is 0 Å². The molecule has 0 amide bonds. The maximum Gasteiger partial charge on any atom is 0.143 e. The maximum atomic E-state index is 5.88. The topological polar surface area (TPSA) is 18.5 Å². The highest BCUT2D eigenvalue weighted by atomic mass is 16.5. The molecule has 0 atom stereocenters. The molecule has 93 valence electrons. The van der Waals surface area contributed by atoms with Crippen molar-refractivity contribution in [2.45, 2.75) is 0 Å². The van der Waals surface area contributed by atoms with Crippen molar-refractivity contribution in [3.8, 4) is 17.2 Å². The van der Waals surface area contributed by atoms with Crippen molar-refractivity contribution in [1.29, 1.82) is 0 Å². The zero-order valence-corrected chi connectivity index (χ0v) is 10.6. The van der Waals surface area contributed by atoms with Crippen LogP contribution in [0.1, 0.15) is 0 Å². The number of methoxy groups -OCH3 is 1. The van der Waals surface area contributed by atoms with Gasteiger partial charge in [-0.2, -0.15) is 0 Å². The molecular formula is C17H13O2. The standard InChI is InChI=1S/C17H13O2/c1-18-14-9-11-15(12-10-14)19-17-8-4-6-13-5-2-3-7-16(13)17/h2-7,9-12H,1H3. The first-order valence-corrected chi connectivity index (χ1v) is 6.08. The normalized spacial score (nSPS) is 10.4. The van der Waals surface area contributed by atoms with Gasteiger partial charge in [-0.05, 0) is 35.7 Å². The Morgan fingerprint density at radius 2 is 1.58 bits per heavy atom. The fourth-order valence-corrected chi connectivity index (χ4v) is 1.98. The van der Waals surface area contributed by atoms with Gasteiger partial charge in [-0.3, -0.25) is 0 Å². The van der Waals surface area contributed by atoms with Crippen LogP contribution in [0.15, 0.2) is 60.7 Å². The number of hydrogen-bond acceptors (Lipinski definition) is 2. The molecule has 0 spiro atoms. The summed E-state index contributed by atoms with van der Waals surface area (Å²) >= 11 is 0. The Bertz CT molecular complexity index is 682. The number of ether oxygens (including phenoxy) is 2. The van der Waals surface area contributed by atoms with Crippen LogP contribution in [0.4, 0.5) is 0 Å². The van der Waals surface area contributed by atoms with Crippen molar-refractivity contribution in [1.82, 2.24) is 0 Å². The largest absolute Gasteiger partial charge is 0.497 e. The van der Waals surface area contributed by atoms with Crippen LogP contribution in [0, 0.1) is 6.07 Å². The van der Waals surface area contributed by atoms with Crippen molar-refractivity contribution < 1.29 is 9.47 Å². The Hall–Kier alpha value is -2.48. The lowest BCUT2D eigenvalue weighted by Crippen LogP contribution is -1.87. The molecule has 1 radical (unpaired) electrons. The van der Waals surface area contributed by atoms with Crippen LogP contribution in [0.3, 0.4) is 0 Å². The number of fused-ring (bicyclic) bond motifs is 1. The van der Waals surface area contributed by atoms with Gasteiger partial charge in [0.1, 0.15) is 17.2 Å². The van der Waals surface area contributed by atoms with E-state index >= 15 is 0 Å². The Labute approximate surface area is 112 Å². The highest BCUT2D eigenvalue weighted by molar-refractivity contribution is 5.88. The molecule has 0 saturated carbocycles. The van der Waals surface area contributed by atoms with Crippen LogP contribution >= 0.6 is 0 Å². The van der Waals surface area contributed by atoms with Crippen LogP contribution in [-0.2, 0) is 0 Å². The molecule has 0 N–H and O–H groups in total. The molecule has 0 aromatic heterocycles. The van der Waals surface area contributed by atoms with E-state index in [2.05, 4.69) is 12.1 Å². The first-order chi connectivity index (χ1) is 9.36. The Balaban J connectivity index is 1.96. The molecule has 0 heterocycles. The SMILES string of the molecule is COc1ccc(Oc2[c]ccc3ccccc23)cc1. The van der Waals surface area contributed by atoms with Gasteiger partial charge in [0.2, 0.25) is 0 Å². The lowest BCUT2D eigenvalue weighted by molar-refractivity contribution is 0.413. The van der Waals surface area contributed by atoms with E-state index in [1.807, 2.05) is 54.6 Å². The molecular weight excluding hydrogens is 236 g/mol. The highest BCUT2D eigenvalue weighted by Crippen LogP contribution is 2.29. The number of hydrogen-bond donors (Lipinski definition) is 0. The average molecular weight is 249 g/mol. The van der Waals surface area contributed by atoms with E-state index in [-0.39, 0.29) is 0 Å². The van der Waals surface area contributed by atoms with Crippen LogP contribution in [0.25, 0.3) is 10.8 Å². The van der Waals surface area contributed by atoms with E-state index < -0.39 is 0 Å². The highest BCUT2D eigenvalue weighted by Gasteiger charge is 2.03. The van der Waals surface area contributed by atoms with Crippen molar-refractivity contribution in [2.75, 3.05) is 7.11 Å². The third-order valence-electron chi connectivity index (χ3n) is 2.96. The zero-order chi connectivity index (χ0) is 13.1. The van der Waals surface area contributed by atoms with E-state index in [1.54, 1.807) is 7.11 Å². The van der Waals surface area contributed by atoms with Gasteiger partial charge in [-0.15, -0.1) is 0 Å². The van der Waals surface area contributed by atoms with E-state index in [9.17, 15) is 0 Å². The maximum absolute atomic E-state index is 5.88. The smallest absolute Gasteiger partial charge is 0.143 e. The van der Waals surface area contributed by atoms with Crippen LogP contribution in [0.2, 0.25) is 0 Å². The van der Waals surface area contributed by atoms with E-state index in [4.69, 9.17) is 9.47 Å². The van der Waals surface area contributed by atoms with Gasteiger partial charge in [0, 0.05) is 11.5 Å². The minimum Gasteiger partial charge on any atom is -0.497 e. The Kier molecular flexibility index (Phi) is 3.07. The molecule has 0 aliphatic rings. The molecule has 19 heavy (non-hydrogen) atoms. The van der Waals surface area contributed by atoms with Crippen LogP contribution < -0.4 is 9.47 Å². The summed E-state index contributed by atoms with van der Waals surface area (Å²) in [7, 11) is 1.65. The summed E-state index contributed by atoms with van der Waals surface area (Å²) in [5.74, 6) is 2.32. The third kappa shape index (κ3) is 2.38. The minimum atomic E-state index is 0.739. The van der Waals surface area contributed by atoms with E-state index in [0.29, 0.717) is 0 Å². The quantitative estimate of drug-likeness (QED) is 0.683. The second-order valence-electron chi connectivity index (χ2n) is 4.17. The van der Waals surface area contributed by atoms with Gasteiger partial charge in [0.15, 0.2) is 0 Å². The second kappa shape index (κ2) is 5.02. The number of rotatable bonds is 3. The monoisotopic (exact) mass is 249 g/mol. The number of benzene rings is 3. The molecule has 2 heteroatoms.